The highest BCUT2D eigenvalue weighted by Gasteiger charge is 2.11. The Balaban J connectivity index is 2.60. The fourth-order valence-electron chi connectivity index (χ4n) is 1.54. The monoisotopic (exact) mass is 270 g/mol. The number of methoxy groups -OCH3 is 1. The van der Waals surface area contributed by atoms with Crippen LogP contribution in [0.4, 0.5) is 0 Å². The maximum absolute atomic E-state index is 11.6. The molecule has 0 aliphatic heterocycles. The zero-order valence-corrected chi connectivity index (χ0v) is 11.5. The molecule has 1 aromatic carbocycles. The van der Waals surface area contributed by atoms with Gasteiger partial charge >= 0.3 is 0 Å². The predicted molar refractivity (Wildman–Crippen MR) is 72.7 cm³/mol. The van der Waals surface area contributed by atoms with E-state index in [0.29, 0.717) is 23.7 Å². The SMILES string of the molecule is CCC(N)CC(=O)NCc1c(Cl)cccc1OC. The summed E-state index contributed by atoms with van der Waals surface area (Å²) in [5.41, 5.74) is 6.50. The first-order chi connectivity index (χ1) is 8.58. The summed E-state index contributed by atoms with van der Waals surface area (Å²) in [6.07, 6.45) is 1.10. The molecule has 1 rings (SSSR count). The van der Waals surface area contributed by atoms with Crippen LogP contribution in [0.25, 0.3) is 0 Å². The lowest BCUT2D eigenvalue weighted by Crippen LogP contribution is -2.31. The van der Waals surface area contributed by atoms with Gasteiger partial charge in [0.05, 0.1) is 7.11 Å². The van der Waals surface area contributed by atoms with Gasteiger partial charge in [-0.1, -0.05) is 24.6 Å². The molecule has 0 aliphatic carbocycles. The largest absolute Gasteiger partial charge is 0.496 e. The van der Waals surface area contributed by atoms with Gasteiger partial charge < -0.3 is 15.8 Å². The Labute approximate surface area is 112 Å². The smallest absolute Gasteiger partial charge is 0.221 e. The molecule has 0 heterocycles. The average molecular weight is 271 g/mol. The number of nitrogens with one attached hydrogen (secondary N) is 1. The van der Waals surface area contributed by atoms with Crippen LogP contribution in [-0.2, 0) is 11.3 Å². The number of carbonyl (C=O) groups is 1. The zero-order valence-electron chi connectivity index (χ0n) is 10.7. The quantitative estimate of drug-likeness (QED) is 0.832. The van der Waals surface area contributed by atoms with Crippen LogP contribution in [-0.4, -0.2) is 19.1 Å². The fraction of sp³-hybridized carbons (Fsp3) is 0.462. The minimum Gasteiger partial charge on any atom is -0.496 e. The van der Waals surface area contributed by atoms with E-state index in [2.05, 4.69) is 5.32 Å². The molecule has 0 spiro atoms. The first-order valence-corrected chi connectivity index (χ1v) is 6.30. The molecule has 0 saturated heterocycles. The highest BCUT2D eigenvalue weighted by molar-refractivity contribution is 6.31. The van der Waals surface area contributed by atoms with Crippen molar-refractivity contribution in [2.75, 3.05) is 7.11 Å². The molecule has 1 amide bonds. The van der Waals surface area contributed by atoms with E-state index in [1.54, 1.807) is 19.2 Å². The third-order valence-corrected chi connectivity index (χ3v) is 3.08. The van der Waals surface area contributed by atoms with E-state index in [-0.39, 0.29) is 11.9 Å². The van der Waals surface area contributed by atoms with Gasteiger partial charge in [-0.2, -0.15) is 0 Å². The van der Waals surface area contributed by atoms with Crippen LogP contribution >= 0.6 is 11.6 Å². The molecule has 0 aliphatic rings. The number of amides is 1. The van der Waals surface area contributed by atoms with Crippen molar-refractivity contribution in [3.05, 3.63) is 28.8 Å². The lowest BCUT2D eigenvalue weighted by Gasteiger charge is -2.12. The van der Waals surface area contributed by atoms with Gasteiger partial charge in [0.25, 0.3) is 0 Å². The Morgan fingerprint density at radius 1 is 1.56 bits per heavy atom. The van der Waals surface area contributed by atoms with E-state index in [9.17, 15) is 4.79 Å². The van der Waals surface area contributed by atoms with Gasteiger partial charge in [0.15, 0.2) is 0 Å². The second kappa shape index (κ2) is 7.24. The van der Waals surface area contributed by atoms with Gasteiger partial charge in [-0.3, -0.25) is 4.79 Å². The number of halogens is 1. The summed E-state index contributed by atoms with van der Waals surface area (Å²) in [6.45, 7) is 2.30. The third kappa shape index (κ3) is 4.20. The maximum Gasteiger partial charge on any atom is 0.221 e. The zero-order chi connectivity index (χ0) is 13.5. The van der Waals surface area contributed by atoms with Gasteiger partial charge in [0.2, 0.25) is 5.91 Å². The molecule has 4 nitrogen and oxygen atoms in total. The summed E-state index contributed by atoms with van der Waals surface area (Å²) < 4.78 is 5.20. The molecule has 1 atom stereocenters. The Morgan fingerprint density at radius 3 is 2.89 bits per heavy atom. The molecule has 5 heteroatoms. The maximum atomic E-state index is 11.6. The van der Waals surface area contributed by atoms with Crippen molar-refractivity contribution < 1.29 is 9.53 Å². The molecular formula is C13H19ClN2O2. The highest BCUT2D eigenvalue weighted by atomic mass is 35.5. The molecule has 0 radical (unpaired) electrons. The second-order valence-corrected chi connectivity index (χ2v) is 4.48. The van der Waals surface area contributed by atoms with E-state index in [4.69, 9.17) is 22.1 Å². The molecule has 3 N–H and O–H groups in total. The molecule has 18 heavy (non-hydrogen) atoms. The summed E-state index contributed by atoms with van der Waals surface area (Å²) in [5, 5.41) is 3.37. The van der Waals surface area contributed by atoms with Crippen molar-refractivity contribution in [2.45, 2.75) is 32.4 Å². The van der Waals surface area contributed by atoms with Crippen LogP contribution in [0.3, 0.4) is 0 Å². The lowest BCUT2D eigenvalue weighted by atomic mass is 10.1. The summed E-state index contributed by atoms with van der Waals surface area (Å²) in [7, 11) is 1.57. The van der Waals surface area contributed by atoms with Gasteiger partial charge in [0, 0.05) is 29.6 Å². The van der Waals surface area contributed by atoms with Crippen LogP contribution < -0.4 is 15.8 Å². The number of benzene rings is 1. The normalized spacial score (nSPS) is 12.0. The van der Waals surface area contributed by atoms with E-state index >= 15 is 0 Å². The summed E-state index contributed by atoms with van der Waals surface area (Å²) in [6, 6.07) is 5.28. The Morgan fingerprint density at radius 2 is 2.28 bits per heavy atom. The van der Waals surface area contributed by atoms with Crippen molar-refractivity contribution in [3.8, 4) is 5.75 Å². The van der Waals surface area contributed by atoms with Crippen molar-refractivity contribution in [3.63, 3.8) is 0 Å². The van der Waals surface area contributed by atoms with Gasteiger partial charge in [0.1, 0.15) is 5.75 Å². The molecule has 0 aromatic heterocycles. The van der Waals surface area contributed by atoms with Gasteiger partial charge in [-0.15, -0.1) is 0 Å². The number of ether oxygens (including phenoxy) is 1. The number of carbonyl (C=O) groups excluding carboxylic acids is 1. The minimum atomic E-state index is -0.0989. The van der Waals surface area contributed by atoms with Crippen molar-refractivity contribution >= 4 is 17.5 Å². The Hall–Kier alpha value is -1.26. The lowest BCUT2D eigenvalue weighted by molar-refractivity contribution is -0.121. The number of hydrogen-bond donors (Lipinski definition) is 2. The van der Waals surface area contributed by atoms with E-state index < -0.39 is 0 Å². The van der Waals surface area contributed by atoms with Gasteiger partial charge in [-0.05, 0) is 18.6 Å². The molecule has 1 aromatic rings. The molecule has 1 unspecified atom stereocenters. The molecule has 100 valence electrons. The summed E-state index contributed by atoms with van der Waals surface area (Å²) in [5.74, 6) is 0.592. The van der Waals surface area contributed by atoms with E-state index in [1.165, 1.54) is 0 Å². The topological polar surface area (TPSA) is 64.4 Å². The Kier molecular flexibility index (Phi) is 5.95. The summed E-state index contributed by atoms with van der Waals surface area (Å²) in [4.78, 5) is 11.6. The third-order valence-electron chi connectivity index (χ3n) is 2.73. The van der Waals surface area contributed by atoms with Crippen molar-refractivity contribution in [1.82, 2.24) is 5.32 Å². The number of nitrogens with two attached hydrogens (primary N) is 1. The predicted octanol–water partition coefficient (Wildman–Crippen LogP) is 2.09. The van der Waals surface area contributed by atoms with Crippen LogP contribution in [0.1, 0.15) is 25.3 Å². The number of hydrogen-bond acceptors (Lipinski definition) is 3. The Bertz CT molecular complexity index is 410. The standard InChI is InChI=1S/C13H19ClN2O2/c1-3-9(15)7-13(17)16-8-10-11(14)5-4-6-12(10)18-2/h4-6,9H,3,7-8,15H2,1-2H3,(H,16,17). The van der Waals surface area contributed by atoms with Crippen LogP contribution in [0.15, 0.2) is 18.2 Å². The van der Waals surface area contributed by atoms with Crippen LogP contribution in [0, 0.1) is 0 Å². The van der Waals surface area contributed by atoms with E-state index in [0.717, 1.165) is 12.0 Å². The first-order valence-electron chi connectivity index (χ1n) is 5.92. The van der Waals surface area contributed by atoms with Crippen LogP contribution in [0.2, 0.25) is 5.02 Å². The number of rotatable bonds is 6. The molecule has 0 fully saturated rings. The summed E-state index contributed by atoms with van der Waals surface area (Å²) >= 11 is 6.07. The second-order valence-electron chi connectivity index (χ2n) is 4.07. The van der Waals surface area contributed by atoms with Crippen molar-refractivity contribution in [2.24, 2.45) is 5.73 Å². The highest BCUT2D eigenvalue weighted by Crippen LogP contribution is 2.25. The molecule has 0 saturated carbocycles. The van der Waals surface area contributed by atoms with Gasteiger partial charge in [-0.25, -0.2) is 0 Å². The molecule has 0 bridgehead atoms. The molecular weight excluding hydrogens is 252 g/mol. The van der Waals surface area contributed by atoms with Crippen LogP contribution in [0.5, 0.6) is 5.75 Å². The fourth-order valence-corrected chi connectivity index (χ4v) is 1.78. The van der Waals surface area contributed by atoms with Crippen molar-refractivity contribution in [1.29, 1.82) is 0 Å². The first kappa shape index (κ1) is 14.8. The average Bonchev–Trinajstić information content (AvgIpc) is 2.36. The minimum absolute atomic E-state index is 0.0775. The van der Waals surface area contributed by atoms with E-state index in [1.807, 2.05) is 13.0 Å².